The number of para-hydroxylation sites is 2. The van der Waals surface area contributed by atoms with E-state index in [2.05, 4.69) is 0 Å². The van der Waals surface area contributed by atoms with Crippen molar-refractivity contribution in [2.45, 2.75) is 0 Å². The van der Waals surface area contributed by atoms with Gasteiger partial charge in [0, 0.05) is 43.9 Å². The molecule has 5 heteroatoms. The van der Waals surface area contributed by atoms with E-state index in [4.69, 9.17) is 19.4 Å². The molecular formula is C39H24N4O. The SMILES string of the molecule is [2H]c1c([2H])c(-n2c3ccccc3c3cc4oc5ccccc5c4cc32)c([2H])c([2H])c1-c1nc(-c2ccccc2)nc(-c2ccccc2)n1. The highest BCUT2D eigenvalue weighted by atomic mass is 16.3. The molecule has 5 nitrogen and oxygen atoms in total. The molecule has 0 aliphatic rings. The molecule has 6 aromatic carbocycles. The third kappa shape index (κ3) is 3.91. The Kier molecular flexibility index (Phi) is 4.60. The summed E-state index contributed by atoms with van der Waals surface area (Å²) in [4.78, 5) is 14.1. The molecule has 44 heavy (non-hydrogen) atoms. The highest BCUT2D eigenvalue weighted by molar-refractivity contribution is 6.17. The van der Waals surface area contributed by atoms with Crippen LogP contribution in [0.2, 0.25) is 0 Å². The van der Waals surface area contributed by atoms with Crippen molar-refractivity contribution >= 4 is 43.7 Å². The lowest BCUT2D eigenvalue weighted by molar-refractivity contribution is 0.669. The Morgan fingerprint density at radius 2 is 1.02 bits per heavy atom. The zero-order valence-electron chi connectivity index (χ0n) is 27.2. The van der Waals surface area contributed by atoms with E-state index in [1.165, 1.54) is 0 Å². The molecule has 9 rings (SSSR count). The van der Waals surface area contributed by atoms with Crippen LogP contribution < -0.4 is 0 Å². The van der Waals surface area contributed by atoms with E-state index in [0.29, 0.717) is 11.6 Å². The predicted molar refractivity (Wildman–Crippen MR) is 178 cm³/mol. The molecule has 0 fully saturated rings. The molecule has 0 atom stereocenters. The number of hydrogen-bond acceptors (Lipinski definition) is 4. The van der Waals surface area contributed by atoms with Crippen LogP contribution in [0.15, 0.2) is 150 Å². The Hall–Kier alpha value is -6.07. The fourth-order valence-corrected chi connectivity index (χ4v) is 5.88. The Balaban J connectivity index is 1.32. The topological polar surface area (TPSA) is 56.7 Å². The number of hydrogen-bond donors (Lipinski definition) is 0. The molecule has 3 aromatic heterocycles. The number of aromatic nitrogens is 4. The first-order valence-corrected chi connectivity index (χ1v) is 14.3. The van der Waals surface area contributed by atoms with Crippen LogP contribution in [0.25, 0.3) is 83.6 Å². The van der Waals surface area contributed by atoms with E-state index in [1.807, 2.05) is 126 Å². The summed E-state index contributed by atoms with van der Waals surface area (Å²) in [6.45, 7) is 0. The van der Waals surface area contributed by atoms with Gasteiger partial charge in [-0.2, -0.15) is 0 Å². The van der Waals surface area contributed by atoms with Gasteiger partial charge in [-0.3, -0.25) is 0 Å². The maximum Gasteiger partial charge on any atom is 0.164 e. The second-order valence-electron chi connectivity index (χ2n) is 10.6. The summed E-state index contributed by atoms with van der Waals surface area (Å²) in [5, 5.41) is 3.66. The first-order chi connectivity index (χ1) is 23.5. The van der Waals surface area contributed by atoms with Gasteiger partial charge >= 0.3 is 0 Å². The maximum absolute atomic E-state index is 9.35. The van der Waals surface area contributed by atoms with Gasteiger partial charge in [0.1, 0.15) is 11.2 Å². The van der Waals surface area contributed by atoms with Crippen molar-refractivity contribution < 1.29 is 9.90 Å². The Morgan fingerprint density at radius 3 is 1.70 bits per heavy atom. The molecule has 0 bridgehead atoms. The molecule has 9 aromatic rings. The minimum atomic E-state index is -0.240. The molecule has 0 unspecified atom stereocenters. The third-order valence-electron chi connectivity index (χ3n) is 7.93. The van der Waals surface area contributed by atoms with Crippen LogP contribution in [0.1, 0.15) is 5.48 Å². The van der Waals surface area contributed by atoms with Crippen LogP contribution in [0.4, 0.5) is 0 Å². The Bertz CT molecular complexity index is 2640. The fourth-order valence-electron chi connectivity index (χ4n) is 5.88. The van der Waals surface area contributed by atoms with E-state index < -0.39 is 0 Å². The minimum Gasteiger partial charge on any atom is -0.456 e. The van der Waals surface area contributed by atoms with Crippen LogP contribution in [-0.4, -0.2) is 19.5 Å². The van der Waals surface area contributed by atoms with Crippen molar-refractivity contribution in [2.75, 3.05) is 0 Å². The van der Waals surface area contributed by atoms with E-state index in [-0.39, 0.29) is 41.2 Å². The predicted octanol–water partition coefficient (Wildman–Crippen LogP) is 9.87. The smallest absolute Gasteiger partial charge is 0.164 e. The molecule has 0 aliphatic carbocycles. The molecule has 0 N–H and O–H groups in total. The summed E-state index contributed by atoms with van der Waals surface area (Å²) < 4.78 is 45.3. The molecule has 0 saturated heterocycles. The second kappa shape index (κ2) is 9.75. The monoisotopic (exact) mass is 568 g/mol. The van der Waals surface area contributed by atoms with Gasteiger partial charge in [-0.05, 0) is 48.4 Å². The van der Waals surface area contributed by atoms with Crippen LogP contribution in [0.3, 0.4) is 0 Å². The molecule has 0 aliphatic heterocycles. The zero-order valence-corrected chi connectivity index (χ0v) is 23.2. The Labute approximate surface area is 258 Å². The summed E-state index contributed by atoms with van der Waals surface area (Å²) in [5.41, 5.74) is 4.66. The van der Waals surface area contributed by atoms with Crippen LogP contribution in [-0.2, 0) is 0 Å². The van der Waals surface area contributed by atoms with Gasteiger partial charge < -0.3 is 8.98 Å². The molecule has 0 spiro atoms. The molecule has 3 heterocycles. The van der Waals surface area contributed by atoms with Gasteiger partial charge in [0.05, 0.1) is 16.5 Å². The summed E-state index contributed by atoms with van der Waals surface area (Å²) in [6.07, 6.45) is 0. The Morgan fingerprint density at radius 1 is 0.455 bits per heavy atom. The molecular weight excluding hydrogens is 540 g/mol. The van der Waals surface area contributed by atoms with Crippen molar-refractivity contribution in [3.05, 3.63) is 145 Å². The summed E-state index contributed by atoms with van der Waals surface area (Å²) in [7, 11) is 0. The first kappa shape index (κ1) is 20.8. The maximum atomic E-state index is 9.35. The standard InChI is InChI=1S/C39H24N4O/c1-3-11-25(12-4-1)37-40-38(26-13-5-2-6-14-26)42-39(41-37)27-19-21-28(22-20-27)43-33-17-9-7-15-29(33)31-24-36-32(23-34(31)43)30-16-8-10-18-35(30)44-36/h1-24H/i19D,20D,21D,22D. The molecule has 0 saturated carbocycles. The molecule has 0 radical (unpaired) electrons. The van der Waals surface area contributed by atoms with Gasteiger partial charge in [-0.1, -0.05) is 97.1 Å². The van der Waals surface area contributed by atoms with Gasteiger partial charge in [0.25, 0.3) is 0 Å². The average Bonchev–Trinajstić information content (AvgIpc) is 3.65. The van der Waals surface area contributed by atoms with Crippen molar-refractivity contribution in [1.29, 1.82) is 0 Å². The van der Waals surface area contributed by atoms with E-state index in [0.717, 1.165) is 54.9 Å². The zero-order chi connectivity index (χ0) is 32.5. The van der Waals surface area contributed by atoms with Gasteiger partial charge in [0.15, 0.2) is 17.5 Å². The van der Waals surface area contributed by atoms with Gasteiger partial charge in [-0.25, -0.2) is 15.0 Å². The number of benzene rings is 6. The molecule has 0 amide bonds. The third-order valence-corrected chi connectivity index (χ3v) is 7.93. The first-order valence-electron chi connectivity index (χ1n) is 16.3. The average molecular weight is 569 g/mol. The minimum absolute atomic E-state index is 0.00879. The van der Waals surface area contributed by atoms with Crippen molar-refractivity contribution in [3.8, 4) is 39.9 Å². The van der Waals surface area contributed by atoms with Crippen LogP contribution in [0.5, 0.6) is 0 Å². The van der Waals surface area contributed by atoms with Gasteiger partial charge in [0.2, 0.25) is 0 Å². The number of furan rings is 1. The highest BCUT2D eigenvalue weighted by Gasteiger charge is 2.17. The molecule has 206 valence electrons. The van der Waals surface area contributed by atoms with Crippen LogP contribution >= 0.6 is 0 Å². The summed E-state index contributed by atoms with van der Waals surface area (Å²) >= 11 is 0. The van der Waals surface area contributed by atoms with E-state index in [1.54, 1.807) is 0 Å². The lowest BCUT2D eigenvalue weighted by Crippen LogP contribution is -2.00. The normalized spacial score (nSPS) is 12.9. The lowest BCUT2D eigenvalue weighted by atomic mass is 10.1. The van der Waals surface area contributed by atoms with Crippen LogP contribution in [0, 0.1) is 0 Å². The van der Waals surface area contributed by atoms with Crippen molar-refractivity contribution in [1.82, 2.24) is 19.5 Å². The summed E-state index contributed by atoms with van der Waals surface area (Å²) in [5.74, 6) is 0.818. The number of fused-ring (bicyclic) bond motifs is 6. The van der Waals surface area contributed by atoms with E-state index in [9.17, 15) is 5.48 Å². The number of nitrogens with zero attached hydrogens (tertiary/aromatic N) is 4. The largest absolute Gasteiger partial charge is 0.456 e. The summed E-state index contributed by atoms with van der Waals surface area (Å²) in [6, 6.07) is 37.6. The van der Waals surface area contributed by atoms with Crippen molar-refractivity contribution in [3.63, 3.8) is 0 Å². The number of rotatable bonds is 4. The van der Waals surface area contributed by atoms with Gasteiger partial charge in [-0.15, -0.1) is 0 Å². The van der Waals surface area contributed by atoms with E-state index >= 15 is 0 Å². The fraction of sp³-hybridized carbons (Fsp3) is 0. The van der Waals surface area contributed by atoms with Crippen molar-refractivity contribution in [2.24, 2.45) is 0 Å². The lowest BCUT2D eigenvalue weighted by Gasteiger charge is -2.11. The second-order valence-corrected chi connectivity index (χ2v) is 10.6. The highest BCUT2D eigenvalue weighted by Crippen LogP contribution is 2.38. The quantitative estimate of drug-likeness (QED) is 0.212.